The highest BCUT2D eigenvalue weighted by Crippen LogP contribution is 2.49. The molecule has 1 fully saturated rings. The van der Waals surface area contributed by atoms with Crippen molar-refractivity contribution in [1.29, 1.82) is 0 Å². The van der Waals surface area contributed by atoms with E-state index in [0.717, 1.165) is 31.6 Å². The summed E-state index contributed by atoms with van der Waals surface area (Å²) in [4.78, 5) is 17.2. The maximum absolute atomic E-state index is 10.8. The van der Waals surface area contributed by atoms with Crippen molar-refractivity contribution >= 4 is 5.97 Å². The zero-order valence-corrected chi connectivity index (χ0v) is 10.1. The Hall–Kier alpha value is -1.42. The molecule has 4 nitrogen and oxygen atoms in total. The van der Waals surface area contributed by atoms with Gasteiger partial charge in [0.05, 0.1) is 12.1 Å². The molecule has 0 saturated heterocycles. The van der Waals surface area contributed by atoms with Crippen molar-refractivity contribution in [1.82, 2.24) is 9.88 Å². The molecule has 0 atom stereocenters. The maximum atomic E-state index is 10.8. The van der Waals surface area contributed by atoms with Gasteiger partial charge in [0.1, 0.15) is 0 Å². The third kappa shape index (κ3) is 3.53. The predicted octanol–water partition coefficient (Wildman–Crippen LogP) is 1.77. The standard InChI is InChI=1S/C13H18N2O2/c1-15(9-11-4-2-3-7-14-11)10-13(5-6-13)8-12(16)17/h2-4,7H,5-6,8-10H2,1H3,(H,16,17). The summed E-state index contributed by atoms with van der Waals surface area (Å²) < 4.78 is 0. The first-order chi connectivity index (χ1) is 8.10. The topological polar surface area (TPSA) is 53.4 Å². The molecule has 4 heteroatoms. The van der Waals surface area contributed by atoms with Crippen LogP contribution in [0.3, 0.4) is 0 Å². The molecule has 1 saturated carbocycles. The highest BCUT2D eigenvalue weighted by Gasteiger charge is 2.44. The number of rotatable bonds is 6. The second-order valence-electron chi connectivity index (χ2n) is 5.06. The van der Waals surface area contributed by atoms with E-state index in [9.17, 15) is 4.79 Å². The minimum Gasteiger partial charge on any atom is -0.481 e. The van der Waals surface area contributed by atoms with E-state index in [2.05, 4.69) is 9.88 Å². The fraction of sp³-hybridized carbons (Fsp3) is 0.538. The van der Waals surface area contributed by atoms with Crippen LogP contribution < -0.4 is 0 Å². The summed E-state index contributed by atoms with van der Waals surface area (Å²) in [6.07, 6.45) is 4.14. The van der Waals surface area contributed by atoms with Gasteiger partial charge in [-0.05, 0) is 37.4 Å². The number of aliphatic carboxylic acids is 1. The van der Waals surface area contributed by atoms with Crippen molar-refractivity contribution in [2.24, 2.45) is 5.41 Å². The van der Waals surface area contributed by atoms with Gasteiger partial charge < -0.3 is 5.11 Å². The molecule has 1 aromatic rings. The molecule has 0 aromatic carbocycles. The van der Waals surface area contributed by atoms with E-state index in [1.165, 1.54) is 0 Å². The molecule has 1 N–H and O–H groups in total. The number of nitrogens with zero attached hydrogens (tertiary/aromatic N) is 2. The zero-order chi connectivity index (χ0) is 12.3. The van der Waals surface area contributed by atoms with E-state index in [-0.39, 0.29) is 5.41 Å². The first-order valence-electron chi connectivity index (χ1n) is 5.90. The average Bonchev–Trinajstić information content (AvgIpc) is 2.97. The van der Waals surface area contributed by atoms with Gasteiger partial charge in [-0.25, -0.2) is 0 Å². The number of carbonyl (C=O) groups is 1. The summed E-state index contributed by atoms with van der Waals surface area (Å²) in [6, 6.07) is 5.86. The molecule has 92 valence electrons. The van der Waals surface area contributed by atoms with E-state index < -0.39 is 5.97 Å². The number of carboxylic acids is 1. The molecule has 0 bridgehead atoms. The summed E-state index contributed by atoms with van der Waals surface area (Å²) in [6.45, 7) is 1.62. The summed E-state index contributed by atoms with van der Waals surface area (Å²) in [5, 5.41) is 8.86. The van der Waals surface area contributed by atoms with E-state index in [0.29, 0.717) is 6.42 Å². The van der Waals surface area contributed by atoms with Gasteiger partial charge in [-0.15, -0.1) is 0 Å². The Balaban J connectivity index is 1.85. The Morgan fingerprint density at radius 1 is 1.53 bits per heavy atom. The van der Waals surface area contributed by atoms with Gasteiger partial charge in [0.25, 0.3) is 0 Å². The summed E-state index contributed by atoms with van der Waals surface area (Å²) in [5.74, 6) is -0.686. The number of aromatic nitrogens is 1. The van der Waals surface area contributed by atoms with E-state index in [1.807, 2.05) is 25.2 Å². The molecule has 1 heterocycles. The quantitative estimate of drug-likeness (QED) is 0.815. The van der Waals surface area contributed by atoms with Crippen LogP contribution in [0.4, 0.5) is 0 Å². The smallest absolute Gasteiger partial charge is 0.303 e. The van der Waals surface area contributed by atoms with E-state index in [4.69, 9.17) is 5.11 Å². The van der Waals surface area contributed by atoms with Crippen LogP contribution in [0.1, 0.15) is 25.0 Å². The first kappa shape index (κ1) is 12.0. The fourth-order valence-corrected chi connectivity index (χ4v) is 2.29. The molecule has 17 heavy (non-hydrogen) atoms. The lowest BCUT2D eigenvalue weighted by molar-refractivity contribution is -0.138. The SMILES string of the molecule is CN(Cc1ccccn1)CC1(CC(=O)O)CC1. The van der Waals surface area contributed by atoms with Crippen LogP contribution in [0.25, 0.3) is 0 Å². The summed E-state index contributed by atoms with van der Waals surface area (Å²) in [7, 11) is 2.02. The lowest BCUT2D eigenvalue weighted by Gasteiger charge is -2.22. The molecule has 1 aliphatic carbocycles. The zero-order valence-electron chi connectivity index (χ0n) is 10.1. The fourth-order valence-electron chi connectivity index (χ4n) is 2.29. The molecule has 0 amide bonds. The van der Waals surface area contributed by atoms with Crippen LogP contribution in [-0.4, -0.2) is 34.6 Å². The van der Waals surface area contributed by atoms with Crippen molar-refractivity contribution < 1.29 is 9.90 Å². The number of pyridine rings is 1. The van der Waals surface area contributed by atoms with Gasteiger partial charge >= 0.3 is 5.97 Å². The lowest BCUT2D eigenvalue weighted by Crippen LogP contribution is -2.28. The van der Waals surface area contributed by atoms with Gasteiger partial charge in [-0.2, -0.15) is 0 Å². The normalized spacial score (nSPS) is 17.1. The Bertz CT molecular complexity index is 388. The Labute approximate surface area is 101 Å². The van der Waals surface area contributed by atoms with E-state index in [1.54, 1.807) is 6.20 Å². The van der Waals surface area contributed by atoms with Crippen LogP contribution in [0, 0.1) is 5.41 Å². The van der Waals surface area contributed by atoms with Crippen LogP contribution in [0.2, 0.25) is 0 Å². The maximum Gasteiger partial charge on any atom is 0.303 e. The monoisotopic (exact) mass is 234 g/mol. The molecule has 0 unspecified atom stereocenters. The van der Waals surface area contributed by atoms with Crippen molar-refractivity contribution in [2.45, 2.75) is 25.8 Å². The second-order valence-corrected chi connectivity index (χ2v) is 5.06. The Morgan fingerprint density at radius 2 is 2.29 bits per heavy atom. The molecule has 0 aliphatic heterocycles. The highest BCUT2D eigenvalue weighted by atomic mass is 16.4. The van der Waals surface area contributed by atoms with Gasteiger partial charge in [0.15, 0.2) is 0 Å². The molecule has 0 spiro atoms. The molecule has 0 radical (unpaired) electrons. The molecule has 1 aliphatic rings. The number of hydrogen-bond acceptors (Lipinski definition) is 3. The minimum absolute atomic E-state index is 0.0232. The van der Waals surface area contributed by atoms with Crippen molar-refractivity contribution in [3.8, 4) is 0 Å². The van der Waals surface area contributed by atoms with Crippen molar-refractivity contribution in [2.75, 3.05) is 13.6 Å². The van der Waals surface area contributed by atoms with Gasteiger partial charge in [0, 0.05) is 19.3 Å². The van der Waals surface area contributed by atoms with E-state index >= 15 is 0 Å². The summed E-state index contributed by atoms with van der Waals surface area (Å²) in [5.41, 5.74) is 1.05. The number of hydrogen-bond donors (Lipinski definition) is 1. The van der Waals surface area contributed by atoms with Gasteiger partial charge in [0.2, 0.25) is 0 Å². The minimum atomic E-state index is -0.686. The van der Waals surface area contributed by atoms with Crippen LogP contribution >= 0.6 is 0 Å². The Kier molecular flexibility index (Phi) is 3.43. The summed E-state index contributed by atoms with van der Waals surface area (Å²) >= 11 is 0. The predicted molar refractivity (Wildman–Crippen MR) is 64.5 cm³/mol. The second kappa shape index (κ2) is 4.84. The highest BCUT2D eigenvalue weighted by molar-refractivity contribution is 5.68. The van der Waals surface area contributed by atoms with Crippen LogP contribution in [0.5, 0.6) is 0 Å². The van der Waals surface area contributed by atoms with Crippen molar-refractivity contribution in [3.63, 3.8) is 0 Å². The molecular formula is C13H18N2O2. The third-order valence-corrected chi connectivity index (χ3v) is 3.25. The molecule has 1 aromatic heterocycles. The molecular weight excluding hydrogens is 216 g/mol. The first-order valence-corrected chi connectivity index (χ1v) is 5.90. The largest absolute Gasteiger partial charge is 0.481 e. The third-order valence-electron chi connectivity index (χ3n) is 3.25. The lowest BCUT2D eigenvalue weighted by atomic mass is 10.0. The van der Waals surface area contributed by atoms with Crippen LogP contribution in [-0.2, 0) is 11.3 Å². The van der Waals surface area contributed by atoms with Crippen molar-refractivity contribution in [3.05, 3.63) is 30.1 Å². The van der Waals surface area contributed by atoms with Gasteiger partial charge in [-0.1, -0.05) is 6.07 Å². The molecule has 2 rings (SSSR count). The van der Waals surface area contributed by atoms with Gasteiger partial charge in [-0.3, -0.25) is 14.7 Å². The van der Waals surface area contributed by atoms with Crippen LogP contribution in [0.15, 0.2) is 24.4 Å². The Morgan fingerprint density at radius 3 is 2.82 bits per heavy atom. The average molecular weight is 234 g/mol. The number of carboxylic acid groups (broad SMARTS) is 1.